The van der Waals surface area contributed by atoms with Gasteiger partial charge in [-0.05, 0) is 48.5 Å². The molecule has 122 valence electrons. The monoisotopic (exact) mass is 315 g/mol. The van der Waals surface area contributed by atoms with Crippen LogP contribution in [0.15, 0.2) is 6.20 Å². The summed E-state index contributed by atoms with van der Waals surface area (Å²) >= 11 is 0. The first-order chi connectivity index (χ1) is 9.32. The normalized spacial score (nSPS) is 13.7. The summed E-state index contributed by atoms with van der Waals surface area (Å²) in [6.45, 7) is 14.6. The molecule has 0 bridgehead atoms. The maximum absolute atomic E-state index is 12.1. The minimum absolute atomic E-state index is 0.0457. The van der Waals surface area contributed by atoms with E-state index in [9.17, 15) is 8.42 Å². The molecule has 0 atom stereocenters. The Bertz CT molecular complexity index is 575. The van der Waals surface area contributed by atoms with Crippen LogP contribution in [0.4, 0.5) is 0 Å². The quantitative estimate of drug-likeness (QED) is 0.905. The topological polar surface area (TPSA) is 64.0 Å². The number of nitrogens with one attached hydrogen (secondary N) is 1. The van der Waals surface area contributed by atoms with Crippen LogP contribution in [-0.4, -0.2) is 34.2 Å². The molecule has 0 radical (unpaired) electrons. The average molecular weight is 315 g/mol. The van der Waals surface area contributed by atoms with E-state index in [0.29, 0.717) is 6.54 Å². The molecular weight excluding hydrogens is 286 g/mol. The molecule has 0 saturated carbocycles. The van der Waals surface area contributed by atoms with Crippen LogP contribution < -0.4 is 5.32 Å². The lowest BCUT2D eigenvalue weighted by molar-refractivity contribution is 0.423. The molecule has 1 aromatic heterocycles. The Balaban J connectivity index is 2.71. The Labute approximate surface area is 129 Å². The molecule has 6 heteroatoms. The number of hydrogen-bond acceptors (Lipinski definition) is 4. The van der Waals surface area contributed by atoms with Gasteiger partial charge in [0.05, 0.1) is 22.7 Å². The van der Waals surface area contributed by atoms with Gasteiger partial charge in [-0.1, -0.05) is 0 Å². The highest BCUT2D eigenvalue weighted by Gasteiger charge is 2.28. The van der Waals surface area contributed by atoms with Crippen molar-refractivity contribution < 1.29 is 8.42 Å². The maximum Gasteiger partial charge on any atom is 0.157 e. The molecule has 0 amide bonds. The van der Waals surface area contributed by atoms with Crippen LogP contribution >= 0.6 is 0 Å². The number of aromatic nitrogens is 2. The van der Waals surface area contributed by atoms with Crippen LogP contribution in [0.5, 0.6) is 0 Å². The molecule has 1 aromatic rings. The molecule has 5 nitrogen and oxygen atoms in total. The minimum Gasteiger partial charge on any atom is -0.308 e. The highest BCUT2D eigenvalue weighted by Crippen LogP contribution is 2.16. The van der Waals surface area contributed by atoms with E-state index < -0.39 is 14.6 Å². The molecule has 0 fully saturated rings. The van der Waals surface area contributed by atoms with E-state index in [1.807, 2.05) is 13.1 Å². The van der Waals surface area contributed by atoms with Gasteiger partial charge in [0.15, 0.2) is 9.84 Å². The average Bonchev–Trinajstić information content (AvgIpc) is 2.62. The van der Waals surface area contributed by atoms with Crippen molar-refractivity contribution in [1.29, 1.82) is 0 Å². The fourth-order valence-corrected chi connectivity index (χ4v) is 2.77. The van der Waals surface area contributed by atoms with Gasteiger partial charge in [0.2, 0.25) is 0 Å². The standard InChI is InChI=1S/C15H29N3O2S/c1-12-13(10-16-14(2,3)4)11-18(17-12)8-9-21(19,20)15(5,6)7/h11,16H,8-10H2,1-7H3. The zero-order valence-electron chi connectivity index (χ0n) is 14.3. The largest absolute Gasteiger partial charge is 0.308 e. The molecule has 0 aliphatic rings. The Hall–Kier alpha value is -0.880. The zero-order valence-corrected chi connectivity index (χ0v) is 15.1. The van der Waals surface area contributed by atoms with E-state index in [0.717, 1.165) is 17.8 Å². The third-order valence-corrected chi connectivity index (χ3v) is 5.97. The molecular formula is C15H29N3O2S. The summed E-state index contributed by atoms with van der Waals surface area (Å²) in [5, 5.41) is 7.83. The molecule has 1 rings (SSSR count). The third-order valence-electron chi connectivity index (χ3n) is 3.38. The van der Waals surface area contributed by atoms with Crippen LogP contribution in [0.25, 0.3) is 0 Å². The van der Waals surface area contributed by atoms with Gasteiger partial charge < -0.3 is 5.32 Å². The number of sulfone groups is 1. The summed E-state index contributed by atoms with van der Waals surface area (Å²) in [5.74, 6) is 0.115. The Morgan fingerprint density at radius 3 is 2.24 bits per heavy atom. The van der Waals surface area contributed by atoms with Crippen LogP contribution in [0.1, 0.15) is 52.8 Å². The Morgan fingerprint density at radius 1 is 1.19 bits per heavy atom. The Kier molecular flexibility index (Phi) is 5.26. The van der Waals surface area contributed by atoms with Crippen molar-refractivity contribution in [3.63, 3.8) is 0 Å². The van der Waals surface area contributed by atoms with E-state index >= 15 is 0 Å². The lowest BCUT2D eigenvalue weighted by atomic mass is 10.1. The van der Waals surface area contributed by atoms with E-state index in [1.165, 1.54) is 0 Å². The van der Waals surface area contributed by atoms with E-state index in [1.54, 1.807) is 25.5 Å². The van der Waals surface area contributed by atoms with E-state index in [-0.39, 0.29) is 11.3 Å². The molecule has 1 heterocycles. The van der Waals surface area contributed by atoms with Crippen molar-refractivity contribution in [2.75, 3.05) is 5.75 Å². The van der Waals surface area contributed by atoms with Gasteiger partial charge in [-0.2, -0.15) is 5.10 Å². The van der Waals surface area contributed by atoms with Gasteiger partial charge in [0.25, 0.3) is 0 Å². The predicted molar refractivity (Wildman–Crippen MR) is 87.1 cm³/mol. The summed E-state index contributed by atoms with van der Waals surface area (Å²) in [5.41, 5.74) is 2.10. The van der Waals surface area contributed by atoms with Gasteiger partial charge >= 0.3 is 0 Å². The molecule has 0 aromatic carbocycles. The van der Waals surface area contributed by atoms with Crippen LogP contribution in [0.2, 0.25) is 0 Å². The summed E-state index contributed by atoms with van der Waals surface area (Å²) < 4.78 is 25.3. The highest BCUT2D eigenvalue weighted by molar-refractivity contribution is 7.92. The molecule has 0 spiro atoms. The predicted octanol–water partition coefficient (Wildman–Crippen LogP) is 2.29. The third kappa shape index (κ3) is 5.43. The summed E-state index contributed by atoms with van der Waals surface area (Å²) in [7, 11) is -3.11. The molecule has 0 aliphatic carbocycles. The first-order valence-corrected chi connectivity index (χ1v) is 8.97. The minimum atomic E-state index is -3.11. The lowest BCUT2D eigenvalue weighted by Gasteiger charge is -2.20. The summed E-state index contributed by atoms with van der Waals surface area (Å²) in [6.07, 6.45) is 1.94. The van der Waals surface area contributed by atoms with Crippen molar-refractivity contribution >= 4 is 9.84 Å². The number of hydrogen-bond donors (Lipinski definition) is 1. The van der Waals surface area contributed by atoms with Crippen molar-refractivity contribution in [2.24, 2.45) is 0 Å². The SMILES string of the molecule is Cc1nn(CCS(=O)(=O)C(C)(C)C)cc1CNC(C)(C)C. The zero-order chi connectivity index (χ0) is 16.5. The number of rotatable bonds is 5. The van der Waals surface area contributed by atoms with Gasteiger partial charge in [0.1, 0.15) is 0 Å². The maximum atomic E-state index is 12.1. The van der Waals surface area contributed by atoms with Crippen LogP contribution in [0, 0.1) is 6.92 Å². The first kappa shape index (κ1) is 18.2. The van der Waals surface area contributed by atoms with Gasteiger partial charge in [0, 0.05) is 23.8 Å². The smallest absolute Gasteiger partial charge is 0.157 e. The lowest BCUT2D eigenvalue weighted by Crippen LogP contribution is -2.35. The number of nitrogens with zero attached hydrogens (tertiary/aromatic N) is 2. The molecule has 1 N–H and O–H groups in total. The van der Waals surface area contributed by atoms with Crippen molar-refractivity contribution in [3.05, 3.63) is 17.5 Å². The summed E-state index contributed by atoms with van der Waals surface area (Å²) in [6, 6.07) is 0. The van der Waals surface area contributed by atoms with Gasteiger partial charge in [-0.15, -0.1) is 0 Å². The van der Waals surface area contributed by atoms with Crippen molar-refractivity contribution in [1.82, 2.24) is 15.1 Å². The van der Waals surface area contributed by atoms with Gasteiger partial charge in [-0.25, -0.2) is 8.42 Å². The second kappa shape index (κ2) is 6.08. The first-order valence-electron chi connectivity index (χ1n) is 7.32. The second-order valence-electron chi connectivity index (χ2n) is 7.54. The van der Waals surface area contributed by atoms with Crippen molar-refractivity contribution in [3.8, 4) is 0 Å². The molecule has 0 aliphatic heterocycles. The fraction of sp³-hybridized carbons (Fsp3) is 0.800. The highest BCUT2D eigenvalue weighted by atomic mass is 32.2. The molecule has 21 heavy (non-hydrogen) atoms. The molecule has 0 unspecified atom stereocenters. The Morgan fingerprint density at radius 2 is 1.76 bits per heavy atom. The van der Waals surface area contributed by atoms with Crippen molar-refractivity contribution in [2.45, 2.75) is 71.8 Å². The van der Waals surface area contributed by atoms with Gasteiger partial charge in [-0.3, -0.25) is 4.68 Å². The fourth-order valence-electron chi connectivity index (χ4n) is 1.73. The van der Waals surface area contributed by atoms with E-state index in [2.05, 4.69) is 31.2 Å². The number of aryl methyl sites for hydroxylation is 2. The van der Waals surface area contributed by atoms with E-state index in [4.69, 9.17) is 0 Å². The molecule has 0 saturated heterocycles. The van der Waals surface area contributed by atoms with Crippen LogP contribution in [-0.2, 0) is 22.9 Å². The second-order valence-corrected chi connectivity index (χ2v) is 10.4. The van der Waals surface area contributed by atoms with Crippen LogP contribution in [0.3, 0.4) is 0 Å². The summed E-state index contributed by atoms with van der Waals surface area (Å²) in [4.78, 5) is 0.